The molecule has 0 saturated heterocycles. The minimum absolute atomic E-state index is 0.0301. The molecule has 0 aliphatic carbocycles. The van der Waals surface area contributed by atoms with Gasteiger partial charge in [0.05, 0.1) is 25.6 Å². The minimum Gasteiger partial charge on any atom is -0.726 e. The van der Waals surface area contributed by atoms with Gasteiger partial charge in [0.1, 0.15) is 18.9 Å². The van der Waals surface area contributed by atoms with Crippen LogP contribution < -0.4 is 4.57 Å². The van der Waals surface area contributed by atoms with E-state index in [0.29, 0.717) is 12.8 Å². The molecule has 0 bridgehead atoms. The number of rotatable bonds is 17. The van der Waals surface area contributed by atoms with Gasteiger partial charge >= 0.3 is 0 Å². The summed E-state index contributed by atoms with van der Waals surface area (Å²) in [5, 5.41) is 8.41. The van der Waals surface area contributed by atoms with Gasteiger partial charge in [-0.25, -0.2) is 17.6 Å². The molecule has 0 amide bonds. The van der Waals surface area contributed by atoms with Gasteiger partial charge < -0.3 is 4.55 Å². The van der Waals surface area contributed by atoms with Crippen molar-refractivity contribution < 1.29 is 21.7 Å². The van der Waals surface area contributed by atoms with Crippen molar-refractivity contribution in [3.63, 3.8) is 0 Å². The maximum Gasteiger partial charge on any atom is 0.243 e. The minimum atomic E-state index is -4.48. The van der Waals surface area contributed by atoms with Gasteiger partial charge in [-0.1, -0.05) is 78.1 Å². The van der Waals surface area contributed by atoms with Crippen LogP contribution in [0.3, 0.4) is 0 Å². The molecule has 0 aromatic carbocycles. The van der Waals surface area contributed by atoms with Crippen molar-refractivity contribution in [3.8, 4) is 6.07 Å². The predicted molar refractivity (Wildman–Crippen MR) is 117 cm³/mol. The van der Waals surface area contributed by atoms with E-state index in [0.717, 1.165) is 25.9 Å². The van der Waals surface area contributed by atoms with Crippen LogP contribution in [0.25, 0.3) is 0 Å². The third kappa shape index (κ3) is 19.9. The number of unbranched alkanes of at least 4 members (excludes halogenated alkanes) is 10. The third-order valence-corrected chi connectivity index (χ3v) is 5.18. The first kappa shape index (κ1) is 28.6. The number of aryl methyl sites for hydroxylation is 2. The second-order valence-corrected chi connectivity index (χ2v) is 8.62. The average Bonchev–Trinajstić information content (AvgIpc) is 3.16. The quantitative estimate of drug-likeness (QED) is 0.148. The number of aromatic nitrogens is 2. The number of nitriles is 1. The summed E-state index contributed by atoms with van der Waals surface area (Å²) in [6.45, 7) is 6.31. The lowest BCUT2D eigenvalue weighted by Crippen LogP contribution is -2.30. The first-order chi connectivity index (χ1) is 14.4. The summed E-state index contributed by atoms with van der Waals surface area (Å²) in [6, 6.07) is 2.14. The van der Waals surface area contributed by atoms with Crippen molar-refractivity contribution in [2.45, 2.75) is 110 Å². The molecule has 1 heterocycles. The Morgan fingerprint density at radius 2 is 1.53 bits per heavy atom. The highest BCUT2D eigenvalue weighted by molar-refractivity contribution is 7.80. The van der Waals surface area contributed by atoms with Crippen LogP contribution in [-0.2, 0) is 27.7 Å². The van der Waals surface area contributed by atoms with E-state index in [4.69, 9.17) is 5.26 Å². The van der Waals surface area contributed by atoms with Crippen LogP contribution in [0.2, 0.25) is 0 Å². The second kappa shape index (κ2) is 19.5. The van der Waals surface area contributed by atoms with Crippen LogP contribution in [0.5, 0.6) is 0 Å². The first-order valence-electron chi connectivity index (χ1n) is 11.4. The zero-order valence-electron chi connectivity index (χ0n) is 18.9. The van der Waals surface area contributed by atoms with Crippen molar-refractivity contribution >= 4 is 10.4 Å². The smallest absolute Gasteiger partial charge is 0.243 e. The molecule has 0 aliphatic rings. The van der Waals surface area contributed by atoms with E-state index in [2.05, 4.69) is 45.8 Å². The highest BCUT2D eigenvalue weighted by atomic mass is 32.3. The molecule has 174 valence electrons. The van der Waals surface area contributed by atoms with Crippen LogP contribution in [0.4, 0.5) is 0 Å². The Balaban J connectivity index is 0.000000579. The van der Waals surface area contributed by atoms with Crippen molar-refractivity contribution in [1.29, 1.82) is 5.26 Å². The van der Waals surface area contributed by atoms with Crippen LogP contribution in [-0.4, -0.2) is 24.1 Å². The molecular formula is C22H41N3O4S. The standard InChI is InChI=1S/C12H26O4S.C10H16N3/c1-2-3-4-5-6-7-8-9-10-11-12-16-17(13,14)15;1-2-3-6-12-8-9-13(10-12)7-4-5-11/h2-12H2,1H3,(H,13,14,15);8-10H,2-4,6-7H2,1H3/q;+1/p-1. The number of imidazole rings is 1. The van der Waals surface area contributed by atoms with Gasteiger partial charge in [0.15, 0.2) is 0 Å². The highest BCUT2D eigenvalue weighted by Gasteiger charge is 2.01. The van der Waals surface area contributed by atoms with Gasteiger partial charge in [0.25, 0.3) is 0 Å². The van der Waals surface area contributed by atoms with E-state index in [1.54, 1.807) is 0 Å². The molecule has 0 spiro atoms. The largest absolute Gasteiger partial charge is 0.726 e. The zero-order valence-corrected chi connectivity index (χ0v) is 19.7. The number of nitrogens with zero attached hydrogens (tertiary/aromatic N) is 3. The maximum atomic E-state index is 10.1. The summed E-state index contributed by atoms with van der Waals surface area (Å²) in [7, 11) is -4.48. The van der Waals surface area contributed by atoms with Gasteiger partial charge in [-0.05, 0) is 12.8 Å². The van der Waals surface area contributed by atoms with E-state index in [-0.39, 0.29) is 6.61 Å². The molecule has 0 unspecified atom stereocenters. The van der Waals surface area contributed by atoms with E-state index >= 15 is 0 Å². The molecule has 0 aliphatic heterocycles. The Hall–Kier alpha value is -1.43. The molecule has 0 atom stereocenters. The maximum absolute atomic E-state index is 10.1. The molecule has 0 fully saturated rings. The summed E-state index contributed by atoms with van der Waals surface area (Å²) < 4.78 is 38.7. The molecule has 1 aromatic rings. The summed E-state index contributed by atoms with van der Waals surface area (Å²) in [5.41, 5.74) is 0. The van der Waals surface area contributed by atoms with Crippen LogP contribution in [0.1, 0.15) is 97.3 Å². The third-order valence-electron chi connectivity index (χ3n) is 4.72. The van der Waals surface area contributed by atoms with E-state index in [1.165, 1.54) is 57.8 Å². The lowest BCUT2D eigenvalue weighted by Gasteiger charge is -2.06. The molecule has 1 aromatic heterocycles. The SMILES string of the molecule is CCCCCCCCCCCCOS(=O)(=O)[O-].CCCCn1cc[n+](CCC#N)c1. The zero-order chi connectivity index (χ0) is 22.5. The molecule has 30 heavy (non-hydrogen) atoms. The lowest BCUT2D eigenvalue weighted by molar-refractivity contribution is -0.695. The van der Waals surface area contributed by atoms with Crippen molar-refractivity contribution in [1.82, 2.24) is 4.57 Å². The summed E-state index contributed by atoms with van der Waals surface area (Å²) in [5.74, 6) is 0. The monoisotopic (exact) mass is 443 g/mol. The Morgan fingerprint density at radius 3 is 2.07 bits per heavy atom. The molecule has 1 rings (SSSR count). The Kier molecular flexibility index (Phi) is 18.6. The van der Waals surface area contributed by atoms with Crippen LogP contribution in [0, 0.1) is 11.3 Å². The van der Waals surface area contributed by atoms with Crippen LogP contribution in [0.15, 0.2) is 18.7 Å². The highest BCUT2D eigenvalue weighted by Crippen LogP contribution is 2.10. The fraction of sp³-hybridized carbons (Fsp3) is 0.818. The number of hydrogen-bond donors (Lipinski definition) is 0. The second-order valence-electron chi connectivity index (χ2n) is 7.56. The normalized spacial score (nSPS) is 11.0. The summed E-state index contributed by atoms with van der Waals surface area (Å²) in [6.07, 6.45) is 20.9. The van der Waals surface area contributed by atoms with Gasteiger partial charge in [-0.15, -0.1) is 0 Å². The average molecular weight is 444 g/mol. The van der Waals surface area contributed by atoms with Crippen LogP contribution >= 0.6 is 0 Å². The topological polar surface area (TPSA) is 99.0 Å². The fourth-order valence-electron chi connectivity index (χ4n) is 2.97. The molecule has 0 radical (unpaired) electrons. The van der Waals surface area contributed by atoms with Crippen molar-refractivity contribution in [2.75, 3.05) is 6.61 Å². The van der Waals surface area contributed by atoms with Gasteiger partial charge in [-0.2, -0.15) is 5.26 Å². The lowest BCUT2D eigenvalue weighted by atomic mass is 10.1. The van der Waals surface area contributed by atoms with E-state index in [9.17, 15) is 13.0 Å². The molecule has 7 nitrogen and oxygen atoms in total. The fourth-order valence-corrected chi connectivity index (χ4v) is 3.30. The molecule has 8 heteroatoms. The molecule has 0 saturated carbocycles. The Bertz CT molecular complexity index is 654. The Morgan fingerprint density at radius 1 is 0.967 bits per heavy atom. The summed E-state index contributed by atoms with van der Waals surface area (Å²) >= 11 is 0. The summed E-state index contributed by atoms with van der Waals surface area (Å²) in [4.78, 5) is 0. The number of hydrogen-bond acceptors (Lipinski definition) is 5. The van der Waals surface area contributed by atoms with Gasteiger partial charge in [0, 0.05) is 0 Å². The Labute approximate surface area is 184 Å². The first-order valence-corrected chi connectivity index (χ1v) is 12.8. The van der Waals surface area contributed by atoms with E-state index in [1.807, 2.05) is 6.20 Å². The predicted octanol–water partition coefficient (Wildman–Crippen LogP) is 4.87. The van der Waals surface area contributed by atoms with Gasteiger partial charge in [-0.3, -0.25) is 4.18 Å². The molecular weight excluding hydrogens is 402 g/mol. The van der Waals surface area contributed by atoms with Crippen molar-refractivity contribution in [3.05, 3.63) is 18.7 Å². The van der Waals surface area contributed by atoms with Crippen molar-refractivity contribution in [2.24, 2.45) is 0 Å². The van der Waals surface area contributed by atoms with E-state index < -0.39 is 10.4 Å². The van der Waals surface area contributed by atoms with Gasteiger partial charge in [0.2, 0.25) is 16.7 Å². The molecule has 0 N–H and O–H groups in total.